The largest absolute Gasteiger partial charge is 0.508 e. The number of hydrogen-bond acceptors (Lipinski definition) is 3. The molecule has 5 heteroatoms. The Morgan fingerprint density at radius 2 is 2.00 bits per heavy atom. The molecule has 2 aromatic rings. The lowest BCUT2D eigenvalue weighted by atomic mass is 10.0. The number of carbonyl (C=O) groups excluding carboxylic acids is 1. The molecule has 3 N–H and O–H groups in total. The predicted octanol–water partition coefficient (Wildman–Crippen LogP) is 3.21. The van der Waals surface area contributed by atoms with Crippen LogP contribution in [0.25, 0.3) is 0 Å². The number of anilines is 1. The highest BCUT2D eigenvalue weighted by Gasteiger charge is 2.27. The first-order valence-corrected chi connectivity index (χ1v) is 6.59. The number of aryl methyl sites for hydroxylation is 1. The van der Waals surface area contributed by atoms with Crippen LogP contribution in [0.2, 0.25) is 5.02 Å². The summed E-state index contributed by atoms with van der Waals surface area (Å²) in [6.07, 6.45) is -0.505. The van der Waals surface area contributed by atoms with Crippen molar-refractivity contribution in [2.45, 2.75) is 13.1 Å². The molecule has 3 rings (SSSR count). The Hall–Kier alpha value is -2.20. The molecular weight excluding hydrogens is 276 g/mol. The molecule has 0 bridgehead atoms. The Morgan fingerprint density at radius 1 is 1.20 bits per heavy atom. The molecule has 1 amide bonds. The van der Waals surface area contributed by atoms with Gasteiger partial charge in [-0.1, -0.05) is 23.7 Å². The van der Waals surface area contributed by atoms with E-state index in [9.17, 15) is 9.90 Å². The van der Waals surface area contributed by atoms with Crippen molar-refractivity contribution in [2.75, 3.05) is 5.32 Å². The second-order valence-electron chi connectivity index (χ2n) is 4.75. The first-order chi connectivity index (χ1) is 9.56. The van der Waals surface area contributed by atoms with Crippen molar-refractivity contribution in [3.05, 3.63) is 58.1 Å². The third-order valence-corrected chi connectivity index (χ3v) is 3.62. The monoisotopic (exact) mass is 288 g/mol. The van der Waals surface area contributed by atoms with E-state index in [1.165, 1.54) is 6.07 Å². The van der Waals surface area contributed by atoms with Gasteiger partial charge in [-0.3, -0.25) is 4.79 Å². The molecule has 0 radical (unpaired) electrons. The van der Waals surface area contributed by atoms with E-state index in [0.29, 0.717) is 16.1 Å². The molecule has 0 spiro atoms. The van der Waals surface area contributed by atoms with Crippen LogP contribution < -0.4 is 10.6 Å². The predicted molar refractivity (Wildman–Crippen MR) is 78.1 cm³/mol. The van der Waals surface area contributed by atoms with Gasteiger partial charge in [0.2, 0.25) is 0 Å². The maximum Gasteiger partial charge on any atom is 0.255 e. The summed E-state index contributed by atoms with van der Waals surface area (Å²) in [4.78, 5) is 12.2. The van der Waals surface area contributed by atoms with Crippen LogP contribution in [0.3, 0.4) is 0 Å². The van der Waals surface area contributed by atoms with Crippen molar-refractivity contribution in [2.24, 2.45) is 0 Å². The van der Waals surface area contributed by atoms with Crippen LogP contribution in [-0.4, -0.2) is 11.0 Å². The van der Waals surface area contributed by atoms with Crippen LogP contribution in [0.1, 0.15) is 27.7 Å². The van der Waals surface area contributed by atoms with Gasteiger partial charge in [-0.2, -0.15) is 0 Å². The van der Waals surface area contributed by atoms with Crippen molar-refractivity contribution in [3.63, 3.8) is 0 Å². The van der Waals surface area contributed by atoms with Gasteiger partial charge in [-0.15, -0.1) is 0 Å². The SMILES string of the molecule is Cc1cccc2c1N[C@@H](c1cc(Cl)ccc1O)NC2=O. The molecule has 4 nitrogen and oxygen atoms in total. The minimum Gasteiger partial charge on any atom is -0.508 e. The number of aromatic hydroxyl groups is 1. The van der Waals surface area contributed by atoms with Gasteiger partial charge in [0, 0.05) is 10.6 Å². The van der Waals surface area contributed by atoms with Crippen LogP contribution in [0.5, 0.6) is 5.75 Å². The van der Waals surface area contributed by atoms with Crippen molar-refractivity contribution >= 4 is 23.2 Å². The fraction of sp³-hybridized carbons (Fsp3) is 0.133. The van der Waals surface area contributed by atoms with E-state index in [4.69, 9.17) is 11.6 Å². The first-order valence-electron chi connectivity index (χ1n) is 6.21. The summed E-state index contributed by atoms with van der Waals surface area (Å²) < 4.78 is 0. The second kappa shape index (κ2) is 4.72. The van der Waals surface area contributed by atoms with E-state index >= 15 is 0 Å². The Kier molecular flexibility index (Phi) is 3.03. The van der Waals surface area contributed by atoms with E-state index in [-0.39, 0.29) is 11.7 Å². The molecule has 20 heavy (non-hydrogen) atoms. The van der Waals surface area contributed by atoms with Crippen molar-refractivity contribution in [1.29, 1.82) is 0 Å². The summed E-state index contributed by atoms with van der Waals surface area (Å²) in [7, 11) is 0. The standard InChI is InChI=1S/C15H13ClN2O2/c1-8-3-2-4-10-13(8)17-14(18-15(10)20)11-7-9(16)5-6-12(11)19/h2-7,14,17,19H,1H3,(H,18,20)/t14-/m1/s1. The minimum absolute atomic E-state index is 0.0873. The van der Waals surface area contributed by atoms with Crippen molar-refractivity contribution < 1.29 is 9.90 Å². The molecule has 1 heterocycles. The third kappa shape index (κ3) is 2.08. The fourth-order valence-electron chi connectivity index (χ4n) is 2.35. The summed E-state index contributed by atoms with van der Waals surface area (Å²) in [6, 6.07) is 10.3. The molecule has 0 unspecified atom stereocenters. The highest BCUT2D eigenvalue weighted by atomic mass is 35.5. The van der Waals surface area contributed by atoms with Gasteiger partial charge in [-0.05, 0) is 36.8 Å². The lowest BCUT2D eigenvalue weighted by Gasteiger charge is -2.29. The van der Waals surface area contributed by atoms with E-state index in [2.05, 4.69) is 10.6 Å². The highest BCUT2D eigenvalue weighted by molar-refractivity contribution is 6.30. The number of benzene rings is 2. The Bertz CT molecular complexity index is 700. The second-order valence-corrected chi connectivity index (χ2v) is 5.19. The van der Waals surface area contributed by atoms with Crippen LogP contribution in [0, 0.1) is 6.92 Å². The first kappa shape index (κ1) is 12.8. The highest BCUT2D eigenvalue weighted by Crippen LogP contribution is 2.33. The van der Waals surface area contributed by atoms with Crippen molar-refractivity contribution in [3.8, 4) is 5.75 Å². The van der Waals surface area contributed by atoms with E-state index in [0.717, 1.165) is 11.3 Å². The van der Waals surface area contributed by atoms with Gasteiger partial charge in [0.1, 0.15) is 11.9 Å². The molecular formula is C15H13ClN2O2. The normalized spacial score (nSPS) is 17.1. The number of phenols is 1. The van der Waals surface area contributed by atoms with Gasteiger partial charge in [-0.25, -0.2) is 0 Å². The van der Waals surface area contributed by atoms with Crippen LogP contribution >= 0.6 is 11.6 Å². The number of phenolic OH excluding ortho intramolecular Hbond substituents is 1. The summed E-state index contributed by atoms with van der Waals surface area (Å²) in [6.45, 7) is 1.93. The van der Waals surface area contributed by atoms with Crippen LogP contribution in [0.4, 0.5) is 5.69 Å². The van der Waals surface area contributed by atoms with Gasteiger partial charge < -0.3 is 15.7 Å². The number of fused-ring (bicyclic) bond motifs is 1. The summed E-state index contributed by atoms with van der Waals surface area (Å²) in [5.41, 5.74) is 2.90. The Labute approximate surface area is 121 Å². The zero-order valence-electron chi connectivity index (χ0n) is 10.8. The topological polar surface area (TPSA) is 61.4 Å². The zero-order chi connectivity index (χ0) is 14.3. The van der Waals surface area contributed by atoms with Crippen LogP contribution in [-0.2, 0) is 0 Å². The molecule has 0 aliphatic carbocycles. The van der Waals surface area contributed by atoms with Gasteiger partial charge in [0.15, 0.2) is 0 Å². The number of hydrogen-bond donors (Lipinski definition) is 3. The quantitative estimate of drug-likeness (QED) is 0.755. The maximum absolute atomic E-state index is 12.2. The molecule has 1 atom stereocenters. The molecule has 1 aliphatic rings. The fourth-order valence-corrected chi connectivity index (χ4v) is 2.53. The number of rotatable bonds is 1. The molecule has 102 valence electrons. The summed E-state index contributed by atoms with van der Waals surface area (Å²) in [5, 5.41) is 16.5. The summed E-state index contributed by atoms with van der Waals surface area (Å²) >= 11 is 5.95. The van der Waals surface area contributed by atoms with Gasteiger partial charge in [0.05, 0.1) is 11.3 Å². The average molecular weight is 289 g/mol. The zero-order valence-corrected chi connectivity index (χ0v) is 11.5. The number of nitrogens with one attached hydrogen (secondary N) is 2. The number of amides is 1. The Morgan fingerprint density at radius 3 is 2.80 bits per heavy atom. The molecule has 0 saturated carbocycles. The van der Waals surface area contributed by atoms with Crippen LogP contribution in [0.15, 0.2) is 36.4 Å². The lowest BCUT2D eigenvalue weighted by Crippen LogP contribution is -2.38. The number of para-hydroxylation sites is 1. The molecule has 2 aromatic carbocycles. The summed E-state index contributed by atoms with van der Waals surface area (Å²) in [5.74, 6) is -0.0870. The Balaban J connectivity index is 2.05. The molecule has 0 saturated heterocycles. The van der Waals surface area contributed by atoms with Crippen molar-refractivity contribution in [1.82, 2.24) is 5.32 Å². The van der Waals surface area contributed by atoms with E-state index < -0.39 is 6.17 Å². The number of halogens is 1. The molecule has 0 fully saturated rings. The smallest absolute Gasteiger partial charge is 0.255 e. The third-order valence-electron chi connectivity index (χ3n) is 3.38. The van der Waals surface area contributed by atoms with Gasteiger partial charge >= 0.3 is 0 Å². The van der Waals surface area contributed by atoms with E-state index in [1.54, 1.807) is 18.2 Å². The van der Waals surface area contributed by atoms with Gasteiger partial charge in [0.25, 0.3) is 5.91 Å². The maximum atomic E-state index is 12.2. The molecule has 0 aromatic heterocycles. The average Bonchev–Trinajstić information content (AvgIpc) is 2.42. The van der Waals surface area contributed by atoms with E-state index in [1.807, 2.05) is 19.1 Å². The lowest BCUT2D eigenvalue weighted by molar-refractivity contribution is 0.0935. The minimum atomic E-state index is -0.505. The number of carbonyl (C=O) groups is 1. The molecule has 1 aliphatic heterocycles.